The van der Waals surface area contributed by atoms with Crippen molar-refractivity contribution in [2.24, 2.45) is 5.34 Å². The van der Waals surface area contributed by atoms with Crippen molar-refractivity contribution in [2.75, 3.05) is 0 Å². The largest absolute Gasteiger partial charge is 0.379 e. The summed E-state index contributed by atoms with van der Waals surface area (Å²) in [7, 11) is 0. The summed E-state index contributed by atoms with van der Waals surface area (Å²) in [5.74, 6) is 0. The number of hydrogen-bond donors (Lipinski definition) is 1. The summed E-state index contributed by atoms with van der Waals surface area (Å²) in [5, 5.41) is 7.89. The zero-order valence-corrected chi connectivity index (χ0v) is 4.96. The third-order valence-corrected chi connectivity index (χ3v) is 0. The second-order valence-corrected chi connectivity index (χ2v) is 0.0816. The monoisotopic (exact) mass is 228 g/mol. The molecule has 0 amide bonds. The maximum absolute atomic E-state index is 8.11. The van der Waals surface area contributed by atoms with E-state index in [0.29, 0.717) is 0 Å². The number of nitrogens with zero attached hydrogens (tertiary/aromatic N) is 1. The van der Waals surface area contributed by atoms with E-state index in [9.17, 15) is 0 Å². The van der Waals surface area contributed by atoms with Crippen LogP contribution in [0.1, 0.15) is 0 Å². The molecule has 0 bridgehead atoms. The van der Waals surface area contributed by atoms with Crippen LogP contribution in [0, 0.1) is 4.91 Å². The van der Waals surface area contributed by atoms with Gasteiger partial charge in [0.15, 0.2) is 5.34 Å². The molecule has 0 saturated carbocycles. The molecule has 0 aliphatic carbocycles. The van der Waals surface area contributed by atoms with Crippen molar-refractivity contribution in [2.45, 2.75) is 0 Å². The van der Waals surface area contributed by atoms with Gasteiger partial charge in [0.25, 0.3) is 0 Å². The molecule has 0 aromatic heterocycles. The van der Waals surface area contributed by atoms with E-state index in [1.54, 1.807) is 0 Å². The fourth-order valence-corrected chi connectivity index (χ4v) is 0. The minimum absolute atomic E-state index is 0. The molecule has 3 nitrogen and oxygen atoms in total. The molecule has 0 aromatic rings. The van der Waals surface area contributed by atoms with Crippen LogP contribution in [0.5, 0.6) is 0 Å². The Morgan fingerprint density at radius 1 is 1.75 bits per heavy atom. The Kier molecular flexibility index (Phi) is 24.7. The Bertz CT molecular complexity index is 13.5. The summed E-state index contributed by atoms with van der Waals surface area (Å²) in [6, 6.07) is 0. The van der Waals surface area contributed by atoms with E-state index in [1.807, 2.05) is 0 Å². The standard InChI is InChI=1S/HNO2.Ta/c2-1-3;/h(H,2,3);. The first kappa shape index (κ1) is 8.91. The van der Waals surface area contributed by atoms with Gasteiger partial charge in [-0.1, -0.05) is 0 Å². The molecule has 0 aliphatic heterocycles. The minimum atomic E-state index is 0. The zero-order chi connectivity index (χ0) is 2.71. The third-order valence-electron chi connectivity index (χ3n) is 0. The van der Waals surface area contributed by atoms with Gasteiger partial charge < -0.3 is 5.21 Å². The zero-order valence-electron chi connectivity index (χ0n) is 1.75. The van der Waals surface area contributed by atoms with E-state index in [2.05, 4.69) is 0 Å². The third kappa shape index (κ3) is 141. The van der Waals surface area contributed by atoms with E-state index >= 15 is 0 Å². The predicted molar refractivity (Wildman–Crippen MR) is 7.58 cm³/mol. The summed E-state index contributed by atoms with van der Waals surface area (Å²) in [5.41, 5.74) is 0. The predicted octanol–water partition coefficient (Wildman–Crippen LogP) is 0.140. The molecule has 0 aliphatic rings. The van der Waals surface area contributed by atoms with Crippen molar-refractivity contribution in [3.05, 3.63) is 4.91 Å². The maximum atomic E-state index is 8.11. The van der Waals surface area contributed by atoms with E-state index in [1.165, 1.54) is 5.34 Å². The van der Waals surface area contributed by atoms with Crippen molar-refractivity contribution in [3.8, 4) is 0 Å². The van der Waals surface area contributed by atoms with Crippen molar-refractivity contribution in [1.29, 1.82) is 0 Å². The average Bonchev–Trinajstić information content (AvgIpc) is 0.918. The number of rotatable bonds is 0. The fraction of sp³-hybridized carbons (Fsp3) is 0. The first-order valence-corrected chi connectivity index (χ1v) is 0.383. The molecule has 4 heavy (non-hydrogen) atoms. The topological polar surface area (TPSA) is 49.7 Å². The molecule has 0 fully saturated rings. The summed E-state index contributed by atoms with van der Waals surface area (Å²) in [6.07, 6.45) is 0. The van der Waals surface area contributed by atoms with Gasteiger partial charge in [-0.25, -0.2) is 0 Å². The fourth-order valence-electron chi connectivity index (χ4n) is 0. The summed E-state index contributed by atoms with van der Waals surface area (Å²) in [4.78, 5) is 8.11. The Morgan fingerprint density at radius 3 is 1.75 bits per heavy atom. The van der Waals surface area contributed by atoms with E-state index in [0.717, 1.165) is 0 Å². The molecular formula is HNO2Ta. The summed E-state index contributed by atoms with van der Waals surface area (Å²) in [6.45, 7) is 0. The van der Waals surface area contributed by atoms with Crippen LogP contribution in [0.2, 0.25) is 0 Å². The molecule has 0 aromatic carbocycles. The van der Waals surface area contributed by atoms with Crippen LogP contribution in [0.4, 0.5) is 0 Å². The molecule has 0 unspecified atom stereocenters. The molecular weight excluding hydrogens is 227 g/mol. The smallest absolute Gasteiger partial charge is 0.152 e. The van der Waals surface area contributed by atoms with Gasteiger partial charge in [-0.3, -0.25) is 0 Å². The molecule has 23 valence electrons. The maximum Gasteiger partial charge on any atom is 0.152 e. The second-order valence-electron chi connectivity index (χ2n) is 0.0816. The first-order chi connectivity index (χ1) is 1.41. The second kappa shape index (κ2) is 11.1. The molecule has 0 rings (SSSR count). The van der Waals surface area contributed by atoms with Crippen LogP contribution < -0.4 is 0 Å². The van der Waals surface area contributed by atoms with Gasteiger partial charge in [-0.05, 0) is 0 Å². The quantitative estimate of drug-likeness (QED) is 0.473. The molecule has 1 N–H and O–H groups in total. The van der Waals surface area contributed by atoms with Crippen LogP contribution in [0.25, 0.3) is 0 Å². The molecule has 0 heterocycles. The van der Waals surface area contributed by atoms with Gasteiger partial charge in [-0.15, -0.1) is 4.91 Å². The molecule has 4 heteroatoms. The van der Waals surface area contributed by atoms with Crippen LogP contribution in [0.15, 0.2) is 5.34 Å². The molecule has 0 saturated heterocycles. The van der Waals surface area contributed by atoms with E-state index < -0.39 is 0 Å². The van der Waals surface area contributed by atoms with Crippen LogP contribution in [-0.2, 0) is 22.4 Å². The Morgan fingerprint density at radius 2 is 1.75 bits per heavy atom. The molecule has 0 spiro atoms. The van der Waals surface area contributed by atoms with Crippen molar-refractivity contribution in [1.82, 2.24) is 0 Å². The van der Waals surface area contributed by atoms with Crippen LogP contribution in [0.3, 0.4) is 0 Å². The average molecular weight is 228 g/mol. The Labute approximate surface area is 38.5 Å². The first-order valence-electron chi connectivity index (χ1n) is 0.383. The summed E-state index contributed by atoms with van der Waals surface area (Å²) < 4.78 is 0. The van der Waals surface area contributed by atoms with Crippen molar-refractivity contribution >= 4 is 0 Å². The van der Waals surface area contributed by atoms with Gasteiger partial charge in [0, 0.05) is 22.4 Å². The van der Waals surface area contributed by atoms with E-state index in [-0.39, 0.29) is 22.4 Å². The Hall–Kier alpha value is 0.140. The van der Waals surface area contributed by atoms with Crippen molar-refractivity contribution < 1.29 is 27.6 Å². The van der Waals surface area contributed by atoms with Gasteiger partial charge in [0.05, 0.1) is 0 Å². The number of hydrogen-bond acceptors (Lipinski definition) is 2. The normalized spacial score (nSPS) is 3.00. The van der Waals surface area contributed by atoms with Crippen molar-refractivity contribution in [3.63, 3.8) is 0 Å². The molecule has 1 radical (unpaired) electrons. The van der Waals surface area contributed by atoms with Crippen LogP contribution in [-0.4, -0.2) is 5.21 Å². The van der Waals surface area contributed by atoms with Gasteiger partial charge in [0.2, 0.25) is 0 Å². The molecule has 0 atom stereocenters. The van der Waals surface area contributed by atoms with Gasteiger partial charge in [0.1, 0.15) is 0 Å². The summed E-state index contributed by atoms with van der Waals surface area (Å²) >= 11 is 0. The minimum Gasteiger partial charge on any atom is -0.379 e. The van der Waals surface area contributed by atoms with Gasteiger partial charge >= 0.3 is 0 Å². The van der Waals surface area contributed by atoms with Crippen LogP contribution >= 0.6 is 0 Å². The van der Waals surface area contributed by atoms with Gasteiger partial charge in [-0.2, -0.15) is 0 Å². The Balaban J connectivity index is 0. The SMILES string of the molecule is O=NO.[Ta]. The van der Waals surface area contributed by atoms with E-state index in [4.69, 9.17) is 10.1 Å².